The molecule has 0 radical (unpaired) electrons. The molecule has 0 saturated heterocycles. The molecule has 0 bridgehead atoms. The fourth-order valence-corrected chi connectivity index (χ4v) is 7.51. The summed E-state index contributed by atoms with van der Waals surface area (Å²) in [5, 5.41) is 15.0. The number of H-pyrrole nitrogens is 1. The lowest BCUT2D eigenvalue weighted by Crippen LogP contribution is -2.17. The number of fused-ring (bicyclic) bond motifs is 7. The van der Waals surface area contributed by atoms with E-state index in [0.29, 0.717) is 11.2 Å². The molecule has 0 amide bonds. The predicted octanol–water partition coefficient (Wildman–Crippen LogP) is 10.4. The van der Waals surface area contributed by atoms with E-state index in [2.05, 4.69) is 117 Å². The molecule has 6 nitrogen and oxygen atoms in total. The zero-order chi connectivity index (χ0) is 33.9. The minimum Gasteiger partial charge on any atom is -0.323 e. The zero-order valence-electron chi connectivity index (χ0n) is 27.5. The number of rotatable bonds is 4. The van der Waals surface area contributed by atoms with Crippen molar-refractivity contribution < 1.29 is 0 Å². The normalized spacial score (nSPS) is 12.1. The number of hydrogen-bond acceptors (Lipinski definition) is 2. The molecule has 3 aromatic heterocycles. The van der Waals surface area contributed by atoms with Crippen LogP contribution in [-0.2, 0) is 0 Å². The summed E-state index contributed by atoms with van der Waals surface area (Å²) in [7, 11) is 0. The lowest BCUT2D eigenvalue weighted by molar-refractivity contribution is 1.05. The second-order valence-corrected chi connectivity index (χ2v) is 12.8. The Morgan fingerprint density at radius 3 is 1.76 bits per heavy atom. The SMILES string of the molecule is N=C(N=c1nc(-c2ccccc2)c2ccccc2[nH]1)c1cccc(-n2c3ccccc3c3cc4c5ccccc5n(-c5ccccc5)c4cc32)c1. The van der Waals surface area contributed by atoms with E-state index < -0.39 is 0 Å². The Balaban J connectivity index is 1.16. The molecule has 2 N–H and O–H groups in total. The van der Waals surface area contributed by atoms with E-state index >= 15 is 0 Å². The first kappa shape index (κ1) is 28.9. The standard InChI is InChI=1S/C45H30N6/c46-44(49-45-47-38-23-10-7-22-35(38)43(48-45)29-14-3-1-4-15-29)30-16-13-19-32(26-30)51-40-25-12-9-21-34(40)37-27-36-33-20-8-11-24-39(33)50(41(36)28-42(37)51)31-17-5-2-6-18-31/h1-28H,(H2,46,47,48,49). The highest BCUT2D eigenvalue weighted by atomic mass is 15.0. The Labute approximate surface area is 292 Å². The van der Waals surface area contributed by atoms with Gasteiger partial charge in [-0.3, -0.25) is 5.41 Å². The van der Waals surface area contributed by atoms with Gasteiger partial charge < -0.3 is 14.1 Å². The van der Waals surface area contributed by atoms with E-state index in [0.717, 1.165) is 50.1 Å². The molecule has 0 saturated carbocycles. The van der Waals surface area contributed by atoms with Gasteiger partial charge in [-0.15, -0.1) is 0 Å². The van der Waals surface area contributed by atoms with Crippen molar-refractivity contribution in [2.75, 3.05) is 0 Å². The lowest BCUT2D eigenvalue weighted by atomic mass is 10.1. The topological polar surface area (TPSA) is 74.8 Å². The predicted molar refractivity (Wildman–Crippen MR) is 209 cm³/mol. The smallest absolute Gasteiger partial charge is 0.229 e. The second-order valence-electron chi connectivity index (χ2n) is 12.8. The molecule has 0 spiro atoms. The van der Waals surface area contributed by atoms with E-state index in [1.54, 1.807) is 0 Å². The first-order valence-corrected chi connectivity index (χ1v) is 17.0. The highest BCUT2D eigenvalue weighted by Crippen LogP contribution is 2.39. The highest BCUT2D eigenvalue weighted by Gasteiger charge is 2.18. The van der Waals surface area contributed by atoms with Gasteiger partial charge in [-0.05, 0) is 54.6 Å². The van der Waals surface area contributed by atoms with E-state index in [1.807, 2.05) is 66.7 Å². The summed E-state index contributed by atoms with van der Waals surface area (Å²) in [5.41, 5.74) is 10.4. The van der Waals surface area contributed by atoms with Gasteiger partial charge >= 0.3 is 0 Å². The fourth-order valence-electron chi connectivity index (χ4n) is 7.51. The Morgan fingerprint density at radius 1 is 0.490 bits per heavy atom. The van der Waals surface area contributed by atoms with E-state index in [4.69, 9.17) is 15.4 Å². The van der Waals surface area contributed by atoms with Gasteiger partial charge in [0.05, 0.1) is 33.3 Å². The van der Waals surface area contributed by atoms with Crippen LogP contribution in [0.15, 0.2) is 175 Å². The van der Waals surface area contributed by atoms with Crippen LogP contribution in [0.1, 0.15) is 5.56 Å². The number of aromatic amines is 1. The van der Waals surface area contributed by atoms with Crippen LogP contribution in [0.5, 0.6) is 0 Å². The van der Waals surface area contributed by atoms with Gasteiger partial charge in [-0.25, -0.2) is 4.98 Å². The number of hydrogen-bond donors (Lipinski definition) is 2. The molecule has 0 aliphatic heterocycles. The fraction of sp³-hybridized carbons (Fsp3) is 0. The van der Waals surface area contributed by atoms with Crippen LogP contribution < -0.4 is 5.62 Å². The summed E-state index contributed by atoms with van der Waals surface area (Å²) < 4.78 is 4.66. The van der Waals surface area contributed by atoms with Crippen molar-refractivity contribution in [1.82, 2.24) is 19.1 Å². The van der Waals surface area contributed by atoms with Gasteiger partial charge in [0.25, 0.3) is 0 Å². The minimum atomic E-state index is 0.127. The van der Waals surface area contributed by atoms with E-state index in [1.165, 1.54) is 27.1 Å². The monoisotopic (exact) mass is 654 g/mol. The van der Waals surface area contributed by atoms with Gasteiger partial charge in [0.15, 0.2) is 5.84 Å². The number of benzene rings is 7. The van der Waals surface area contributed by atoms with Crippen LogP contribution in [0.25, 0.3) is 77.1 Å². The lowest BCUT2D eigenvalue weighted by Gasteiger charge is -2.11. The molecule has 0 unspecified atom stereocenters. The summed E-state index contributed by atoms with van der Waals surface area (Å²) in [6, 6.07) is 58.7. The first-order valence-electron chi connectivity index (χ1n) is 17.0. The Bertz CT molecular complexity index is 3040. The van der Waals surface area contributed by atoms with Gasteiger partial charge in [0, 0.05) is 49.4 Å². The van der Waals surface area contributed by atoms with Crippen molar-refractivity contribution in [3.8, 4) is 22.6 Å². The van der Waals surface area contributed by atoms with Crippen molar-refractivity contribution in [2.24, 2.45) is 4.99 Å². The first-order chi connectivity index (χ1) is 25.2. The van der Waals surface area contributed by atoms with Crippen LogP contribution in [0.2, 0.25) is 0 Å². The third-order valence-electron chi connectivity index (χ3n) is 9.77. The number of nitrogens with zero attached hydrogens (tertiary/aromatic N) is 4. The maximum absolute atomic E-state index is 9.15. The maximum Gasteiger partial charge on any atom is 0.229 e. The van der Waals surface area contributed by atoms with Crippen molar-refractivity contribution in [3.63, 3.8) is 0 Å². The Hall–Kier alpha value is -7.05. The van der Waals surface area contributed by atoms with Crippen LogP contribution in [0.4, 0.5) is 0 Å². The molecular formula is C45H30N6. The van der Waals surface area contributed by atoms with Crippen molar-refractivity contribution in [2.45, 2.75) is 0 Å². The number of para-hydroxylation sites is 4. The van der Waals surface area contributed by atoms with Crippen LogP contribution in [0, 0.1) is 5.41 Å². The molecule has 6 heteroatoms. The molecule has 10 aromatic rings. The van der Waals surface area contributed by atoms with Gasteiger partial charge in [0.1, 0.15) is 0 Å². The molecule has 51 heavy (non-hydrogen) atoms. The van der Waals surface area contributed by atoms with Crippen molar-refractivity contribution in [1.29, 1.82) is 5.41 Å². The van der Waals surface area contributed by atoms with Gasteiger partial charge in [0.2, 0.25) is 5.62 Å². The van der Waals surface area contributed by atoms with Gasteiger partial charge in [-0.1, -0.05) is 115 Å². The maximum atomic E-state index is 9.15. The minimum absolute atomic E-state index is 0.127. The Morgan fingerprint density at radius 2 is 1.06 bits per heavy atom. The summed E-state index contributed by atoms with van der Waals surface area (Å²) in [6.07, 6.45) is 0. The average molecular weight is 655 g/mol. The van der Waals surface area contributed by atoms with Crippen LogP contribution in [-0.4, -0.2) is 24.9 Å². The van der Waals surface area contributed by atoms with Crippen LogP contribution >= 0.6 is 0 Å². The molecule has 240 valence electrons. The molecule has 3 heterocycles. The quantitative estimate of drug-likeness (QED) is 0.144. The largest absolute Gasteiger partial charge is 0.323 e. The van der Waals surface area contributed by atoms with Crippen molar-refractivity contribution in [3.05, 3.63) is 181 Å². The molecule has 10 rings (SSSR count). The third kappa shape index (κ3) is 4.69. The Kier molecular flexibility index (Phi) is 6.54. The average Bonchev–Trinajstić information content (AvgIpc) is 3.69. The number of nitrogens with one attached hydrogen (secondary N) is 2. The highest BCUT2D eigenvalue weighted by molar-refractivity contribution is 6.19. The molecule has 0 aliphatic carbocycles. The zero-order valence-corrected chi connectivity index (χ0v) is 27.5. The molecule has 0 fully saturated rings. The third-order valence-corrected chi connectivity index (χ3v) is 9.77. The summed E-state index contributed by atoms with van der Waals surface area (Å²) >= 11 is 0. The molecular weight excluding hydrogens is 625 g/mol. The molecule has 7 aromatic carbocycles. The molecule has 0 atom stereocenters. The second kappa shape index (κ2) is 11.5. The number of amidine groups is 1. The van der Waals surface area contributed by atoms with E-state index in [-0.39, 0.29) is 5.84 Å². The number of aromatic nitrogens is 4. The summed E-state index contributed by atoms with van der Waals surface area (Å²) in [5.74, 6) is 0.127. The summed E-state index contributed by atoms with van der Waals surface area (Å²) in [4.78, 5) is 13.0. The van der Waals surface area contributed by atoms with Crippen LogP contribution in [0.3, 0.4) is 0 Å². The summed E-state index contributed by atoms with van der Waals surface area (Å²) in [6.45, 7) is 0. The molecule has 0 aliphatic rings. The van der Waals surface area contributed by atoms with Gasteiger partial charge in [-0.2, -0.15) is 4.99 Å². The van der Waals surface area contributed by atoms with E-state index in [9.17, 15) is 0 Å². The van der Waals surface area contributed by atoms with Crippen molar-refractivity contribution >= 4 is 60.4 Å².